The van der Waals surface area contributed by atoms with Gasteiger partial charge >= 0.3 is 5.97 Å². The molecule has 1 aromatic carbocycles. The number of rotatable bonds is 4. The summed E-state index contributed by atoms with van der Waals surface area (Å²) in [6.07, 6.45) is 0.315. The second-order valence-corrected chi connectivity index (χ2v) is 5.53. The second kappa shape index (κ2) is 4.85. The third-order valence-electron chi connectivity index (χ3n) is 3.52. The van der Waals surface area contributed by atoms with Crippen molar-refractivity contribution in [3.05, 3.63) is 35.4 Å². The number of amides is 1. The van der Waals surface area contributed by atoms with Crippen LogP contribution < -0.4 is 5.32 Å². The molecule has 0 spiro atoms. The highest BCUT2D eigenvalue weighted by atomic mass is 19.2. The molecule has 0 aliphatic heterocycles. The monoisotopic (exact) mass is 283 g/mol. The minimum Gasteiger partial charge on any atom is -0.481 e. The first-order chi connectivity index (χ1) is 9.22. The summed E-state index contributed by atoms with van der Waals surface area (Å²) >= 11 is 0. The highest BCUT2D eigenvalue weighted by Crippen LogP contribution is 2.39. The molecule has 1 saturated carbocycles. The average Bonchev–Trinajstić information content (AvgIpc) is 3.12. The average molecular weight is 283 g/mol. The minimum absolute atomic E-state index is 0.315. The molecule has 1 aliphatic rings. The van der Waals surface area contributed by atoms with E-state index >= 15 is 0 Å². The van der Waals surface area contributed by atoms with Gasteiger partial charge in [0.2, 0.25) is 5.91 Å². The summed E-state index contributed by atoms with van der Waals surface area (Å²) in [4.78, 5) is 22.6. The van der Waals surface area contributed by atoms with Crippen LogP contribution in [-0.4, -0.2) is 17.0 Å². The highest BCUT2D eigenvalue weighted by Gasteiger charge is 2.49. The zero-order valence-electron chi connectivity index (χ0n) is 11.1. The van der Waals surface area contributed by atoms with E-state index in [9.17, 15) is 18.4 Å². The first-order valence-corrected chi connectivity index (χ1v) is 6.23. The van der Waals surface area contributed by atoms with Gasteiger partial charge < -0.3 is 10.4 Å². The fraction of sp³-hybridized carbons (Fsp3) is 0.429. The van der Waals surface area contributed by atoms with Crippen LogP contribution in [0.3, 0.4) is 0 Å². The summed E-state index contributed by atoms with van der Waals surface area (Å²) in [5.41, 5.74) is -0.491. The van der Waals surface area contributed by atoms with E-state index in [1.807, 2.05) is 0 Å². The topological polar surface area (TPSA) is 66.4 Å². The third-order valence-corrected chi connectivity index (χ3v) is 3.52. The number of carbonyl (C=O) groups excluding carboxylic acids is 1. The molecule has 108 valence electrons. The summed E-state index contributed by atoms with van der Waals surface area (Å²) in [6.45, 7) is 3.30. The Labute approximate surface area is 114 Å². The molecule has 20 heavy (non-hydrogen) atoms. The summed E-state index contributed by atoms with van der Waals surface area (Å²) in [6, 6.07) is 3.41. The van der Waals surface area contributed by atoms with Crippen LogP contribution >= 0.6 is 0 Å². The number of carboxylic acid groups (broad SMARTS) is 1. The summed E-state index contributed by atoms with van der Waals surface area (Å²) in [5, 5.41) is 11.5. The van der Waals surface area contributed by atoms with E-state index < -0.39 is 35.0 Å². The van der Waals surface area contributed by atoms with Crippen LogP contribution in [0.5, 0.6) is 0 Å². The Morgan fingerprint density at radius 3 is 2.40 bits per heavy atom. The van der Waals surface area contributed by atoms with E-state index in [1.165, 1.54) is 6.07 Å². The Kier molecular flexibility index (Phi) is 3.50. The molecular weight excluding hydrogens is 268 g/mol. The maximum absolute atomic E-state index is 13.2. The van der Waals surface area contributed by atoms with Crippen molar-refractivity contribution >= 4 is 11.9 Å². The van der Waals surface area contributed by atoms with Gasteiger partial charge in [-0.25, -0.2) is 8.78 Å². The van der Waals surface area contributed by atoms with E-state index in [0.717, 1.165) is 12.1 Å². The SMILES string of the molecule is CC(C)(NC(=O)[C@H]1C[C@@H]1C(=O)O)c1ccc(F)c(F)c1. The van der Waals surface area contributed by atoms with Crippen LogP contribution in [0.2, 0.25) is 0 Å². The van der Waals surface area contributed by atoms with Crippen molar-refractivity contribution in [3.8, 4) is 0 Å². The molecule has 1 aromatic rings. The lowest BCUT2D eigenvalue weighted by molar-refractivity contribution is -0.140. The molecule has 2 atom stereocenters. The van der Waals surface area contributed by atoms with Crippen LogP contribution in [0.15, 0.2) is 18.2 Å². The van der Waals surface area contributed by atoms with E-state index in [1.54, 1.807) is 13.8 Å². The molecule has 0 bridgehead atoms. The number of carboxylic acids is 1. The molecule has 0 unspecified atom stereocenters. The molecule has 2 rings (SSSR count). The van der Waals surface area contributed by atoms with Crippen LogP contribution in [0.4, 0.5) is 8.78 Å². The zero-order valence-corrected chi connectivity index (χ0v) is 11.1. The van der Waals surface area contributed by atoms with Crippen molar-refractivity contribution in [1.82, 2.24) is 5.32 Å². The molecule has 0 radical (unpaired) electrons. The third kappa shape index (κ3) is 2.79. The Morgan fingerprint density at radius 2 is 1.90 bits per heavy atom. The molecule has 1 amide bonds. The molecule has 1 fully saturated rings. The first kappa shape index (κ1) is 14.4. The molecule has 1 aliphatic carbocycles. The Bertz CT molecular complexity index is 572. The Balaban J connectivity index is 2.09. The number of hydrogen-bond donors (Lipinski definition) is 2. The van der Waals surface area contributed by atoms with Crippen LogP contribution in [0, 0.1) is 23.5 Å². The van der Waals surface area contributed by atoms with Gasteiger partial charge in [-0.05, 0) is 38.0 Å². The van der Waals surface area contributed by atoms with Gasteiger partial charge in [0.05, 0.1) is 17.4 Å². The summed E-state index contributed by atoms with van der Waals surface area (Å²) < 4.78 is 26.1. The summed E-state index contributed by atoms with van der Waals surface area (Å²) in [5.74, 6) is -4.50. The van der Waals surface area contributed by atoms with Crippen molar-refractivity contribution < 1.29 is 23.5 Å². The highest BCUT2D eigenvalue weighted by molar-refractivity contribution is 5.89. The standard InChI is InChI=1S/C14H15F2NO3/c1-14(2,7-3-4-10(15)11(16)5-7)17-12(18)8-6-9(8)13(19)20/h3-5,8-9H,6H2,1-2H3,(H,17,18)(H,19,20)/t8-,9-/m0/s1. The number of aliphatic carboxylic acids is 1. The molecule has 0 saturated heterocycles. The predicted molar refractivity (Wildman–Crippen MR) is 66.8 cm³/mol. The van der Waals surface area contributed by atoms with Crippen molar-refractivity contribution in [1.29, 1.82) is 0 Å². The zero-order chi connectivity index (χ0) is 15.1. The van der Waals surface area contributed by atoms with E-state index in [-0.39, 0.29) is 5.91 Å². The maximum atomic E-state index is 13.2. The van der Waals surface area contributed by atoms with Crippen LogP contribution in [0.1, 0.15) is 25.8 Å². The lowest BCUT2D eigenvalue weighted by Gasteiger charge is -2.27. The van der Waals surface area contributed by atoms with Crippen molar-refractivity contribution in [3.63, 3.8) is 0 Å². The van der Waals surface area contributed by atoms with Crippen LogP contribution in [0.25, 0.3) is 0 Å². The second-order valence-electron chi connectivity index (χ2n) is 5.53. The van der Waals surface area contributed by atoms with Crippen molar-refractivity contribution in [2.75, 3.05) is 0 Å². The minimum atomic E-state index is -0.990. The lowest BCUT2D eigenvalue weighted by Crippen LogP contribution is -2.42. The maximum Gasteiger partial charge on any atom is 0.307 e. The van der Waals surface area contributed by atoms with Gasteiger partial charge in [0, 0.05) is 0 Å². The van der Waals surface area contributed by atoms with Crippen molar-refractivity contribution in [2.45, 2.75) is 25.8 Å². The number of hydrogen-bond acceptors (Lipinski definition) is 2. The largest absolute Gasteiger partial charge is 0.481 e. The van der Waals surface area contributed by atoms with E-state index in [4.69, 9.17) is 5.11 Å². The lowest BCUT2D eigenvalue weighted by atomic mass is 9.93. The van der Waals surface area contributed by atoms with Crippen LogP contribution in [-0.2, 0) is 15.1 Å². The Morgan fingerprint density at radius 1 is 1.25 bits per heavy atom. The molecule has 4 nitrogen and oxygen atoms in total. The van der Waals surface area contributed by atoms with Gasteiger partial charge in [-0.15, -0.1) is 0 Å². The molecular formula is C14H15F2NO3. The fourth-order valence-electron chi connectivity index (χ4n) is 2.12. The van der Waals surface area contributed by atoms with Gasteiger partial charge in [0.15, 0.2) is 11.6 Å². The van der Waals surface area contributed by atoms with Gasteiger partial charge in [0.25, 0.3) is 0 Å². The van der Waals surface area contributed by atoms with Crippen molar-refractivity contribution in [2.24, 2.45) is 11.8 Å². The smallest absolute Gasteiger partial charge is 0.307 e. The quantitative estimate of drug-likeness (QED) is 0.888. The molecule has 6 heteroatoms. The number of carbonyl (C=O) groups is 2. The normalized spacial score (nSPS) is 21.4. The fourth-order valence-corrected chi connectivity index (χ4v) is 2.12. The predicted octanol–water partition coefficient (Wildman–Crippen LogP) is 2.04. The number of nitrogens with one attached hydrogen (secondary N) is 1. The number of halogens is 2. The molecule has 0 heterocycles. The van der Waals surface area contributed by atoms with E-state index in [0.29, 0.717) is 12.0 Å². The molecule has 2 N–H and O–H groups in total. The van der Waals surface area contributed by atoms with Gasteiger partial charge in [-0.1, -0.05) is 6.07 Å². The Hall–Kier alpha value is -1.98. The summed E-state index contributed by atoms with van der Waals surface area (Å²) in [7, 11) is 0. The van der Waals surface area contributed by atoms with Gasteiger partial charge in [0.1, 0.15) is 0 Å². The van der Waals surface area contributed by atoms with E-state index in [2.05, 4.69) is 5.32 Å². The molecule has 0 aromatic heterocycles. The van der Waals surface area contributed by atoms with Gasteiger partial charge in [-0.3, -0.25) is 9.59 Å². The van der Waals surface area contributed by atoms with Gasteiger partial charge in [-0.2, -0.15) is 0 Å². The number of benzene rings is 1. The first-order valence-electron chi connectivity index (χ1n) is 6.23.